The number of hydrogen-bond acceptors (Lipinski definition) is 2. The predicted molar refractivity (Wildman–Crippen MR) is 94.6 cm³/mol. The van der Waals surface area contributed by atoms with Gasteiger partial charge in [0.15, 0.2) is 11.5 Å². The molecule has 0 saturated carbocycles. The Morgan fingerprint density at radius 1 is 0.773 bits per heavy atom. The van der Waals surface area contributed by atoms with Crippen LogP contribution in [-0.2, 0) is 0 Å². The number of rotatable bonds is 12. The minimum absolute atomic E-state index is 0.00882. The highest BCUT2D eigenvalue weighted by Crippen LogP contribution is 2.38. The molecule has 0 bridgehead atoms. The van der Waals surface area contributed by atoms with Crippen LogP contribution in [-0.4, -0.2) is 10.2 Å². The summed E-state index contributed by atoms with van der Waals surface area (Å²) < 4.78 is 0. The number of para-hydroxylation sites is 1. The Morgan fingerprint density at radius 2 is 1.41 bits per heavy atom. The molecule has 0 spiro atoms. The lowest BCUT2D eigenvalue weighted by molar-refractivity contribution is 0.390. The third kappa shape index (κ3) is 6.72. The molecule has 1 rings (SSSR count). The topological polar surface area (TPSA) is 40.5 Å². The number of benzene rings is 1. The average molecular weight is 306 g/mol. The minimum atomic E-state index is 0.00882. The fourth-order valence-electron chi connectivity index (χ4n) is 3.21. The van der Waals surface area contributed by atoms with Gasteiger partial charge in [-0.3, -0.25) is 0 Å². The van der Waals surface area contributed by atoms with Gasteiger partial charge in [-0.1, -0.05) is 83.8 Å². The fourth-order valence-corrected chi connectivity index (χ4v) is 3.21. The van der Waals surface area contributed by atoms with Gasteiger partial charge in [0, 0.05) is 5.56 Å². The molecule has 0 radical (unpaired) electrons. The van der Waals surface area contributed by atoms with Crippen molar-refractivity contribution in [1.82, 2.24) is 0 Å². The summed E-state index contributed by atoms with van der Waals surface area (Å²) in [7, 11) is 0. The van der Waals surface area contributed by atoms with Crippen molar-refractivity contribution in [2.75, 3.05) is 0 Å². The van der Waals surface area contributed by atoms with E-state index in [9.17, 15) is 10.2 Å². The fraction of sp³-hybridized carbons (Fsp3) is 0.700. The van der Waals surface area contributed by atoms with Gasteiger partial charge in [0.25, 0.3) is 0 Å². The summed E-state index contributed by atoms with van der Waals surface area (Å²) in [5, 5.41) is 19.7. The van der Waals surface area contributed by atoms with Gasteiger partial charge in [-0.05, 0) is 24.8 Å². The smallest absolute Gasteiger partial charge is 0.160 e. The maximum atomic E-state index is 10.1. The number of hydrogen-bond donors (Lipinski definition) is 2. The normalized spacial score (nSPS) is 12.5. The van der Waals surface area contributed by atoms with E-state index in [4.69, 9.17) is 0 Å². The molecule has 2 nitrogen and oxygen atoms in total. The van der Waals surface area contributed by atoms with E-state index in [1.165, 1.54) is 51.4 Å². The molecule has 0 aliphatic rings. The lowest BCUT2D eigenvalue weighted by Gasteiger charge is -2.18. The summed E-state index contributed by atoms with van der Waals surface area (Å²) in [4.78, 5) is 0. The molecule has 0 heterocycles. The van der Waals surface area contributed by atoms with Gasteiger partial charge in [0.05, 0.1) is 0 Å². The molecule has 0 amide bonds. The van der Waals surface area contributed by atoms with Gasteiger partial charge in [-0.15, -0.1) is 0 Å². The Morgan fingerprint density at radius 3 is 2.05 bits per heavy atom. The standard InChI is InChI=1S/C20H34O2/c1-3-5-6-7-8-9-10-11-14-17(13-4-2)18-15-12-16-19(21)20(18)22/h12,15-17,21-22H,3-11,13-14H2,1-2H3. The second-order valence-corrected chi connectivity index (χ2v) is 6.46. The highest BCUT2D eigenvalue weighted by molar-refractivity contribution is 5.46. The molecule has 0 aliphatic heterocycles. The van der Waals surface area contributed by atoms with Gasteiger partial charge in [0.1, 0.15) is 0 Å². The molecule has 126 valence electrons. The van der Waals surface area contributed by atoms with Crippen molar-refractivity contribution in [2.24, 2.45) is 0 Å². The van der Waals surface area contributed by atoms with Crippen molar-refractivity contribution >= 4 is 0 Å². The van der Waals surface area contributed by atoms with E-state index in [0.717, 1.165) is 24.8 Å². The molecule has 2 N–H and O–H groups in total. The molecule has 1 aromatic rings. The van der Waals surface area contributed by atoms with Gasteiger partial charge in [0.2, 0.25) is 0 Å². The molecule has 22 heavy (non-hydrogen) atoms. The Balaban J connectivity index is 2.34. The number of aromatic hydroxyl groups is 2. The van der Waals surface area contributed by atoms with Crippen LogP contribution in [0.15, 0.2) is 18.2 Å². The quantitative estimate of drug-likeness (QED) is 0.341. The molecular formula is C20H34O2. The lowest BCUT2D eigenvalue weighted by Crippen LogP contribution is -1.99. The van der Waals surface area contributed by atoms with Gasteiger partial charge in [-0.25, -0.2) is 0 Å². The van der Waals surface area contributed by atoms with E-state index in [1.54, 1.807) is 6.07 Å². The summed E-state index contributed by atoms with van der Waals surface area (Å²) in [6, 6.07) is 5.35. The zero-order chi connectivity index (χ0) is 16.2. The minimum Gasteiger partial charge on any atom is -0.504 e. The maximum Gasteiger partial charge on any atom is 0.160 e. The third-order valence-electron chi connectivity index (χ3n) is 4.53. The van der Waals surface area contributed by atoms with E-state index >= 15 is 0 Å². The van der Waals surface area contributed by atoms with Crippen molar-refractivity contribution in [3.63, 3.8) is 0 Å². The zero-order valence-corrected chi connectivity index (χ0v) is 14.5. The first-order valence-electron chi connectivity index (χ1n) is 9.21. The Kier molecular flexibility index (Phi) is 9.77. The van der Waals surface area contributed by atoms with Crippen molar-refractivity contribution < 1.29 is 10.2 Å². The molecule has 1 unspecified atom stereocenters. The van der Waals surface area contributed by atoms with Crippen molar-refractivity contribution in [2.45, 2.75) is 90.4 Å². The average Bonchev–Trinajstić information content (AvgIpc) is 2.52. The van der Waals surface area contributed by atoms with Gasteiger partial charge >= 0.3 is 0 Å². The molecule has 0 saturated heterocycles. The van der Waals surface area contributed by atoms with E-state index in [1.807, 2.05) is 12.1 Å². The van der Waals surface area contributed by atoms with Crippen LogP contribution in [0.3, 0.4) is 0 Å². The SMILES string of the molecule is CCCCCCCCCCC(CCC)c1cccc(O)c1O. The van der Waals surface area contributed by atoms with Crippen LogP contribution < -0.4 is 0 Å². The highest BCUT2D eigenvalue weighted by Gasteiger charge is 2.16. The van der Waals surface area contributed by atoms with Crippen molar-refractivity contribution in [1.29, 1.82) is 0 Å². The summed E-state index contributed by atoms with van der Waals surface area (Å²) in [5.41, 5.74) is 0.921. The third-order valence-corrected chi connectivity index (χ3v) is 4.53. The zero-order valence-electron chi connectivity index (χ0n) is 14.5. The first-order valence-corrected chi connectivity index (χ1v) is 9.21. The maximum absolute atomic E-state index is 10.1. The molecule has 1 aromatic carbocycles. The lowest BCUT2D eigenvalue weighted by atomic mass is 9.88. The Labute approximate surface area is 136 Å². The Hall–Kier alpha value is -1.18. The first kappa shape index (κ1) is 18.9. The van der Waals surface area contributed by atoms with Crippen LogP contribution in [0, 0.1) is 0 Å². The summed E-state index contributed by atoms with van der Waals surface area (Å²) in [5.74, 6) is 0.465. The van der Waals surface area contributed by atoms with Crippen LogP contribution in [0.2, 0.25) is 0 Å². The van der Waals surface area contributed by atoms with E-state index in [2.05, 4.69) is 13.8 Å². The van der Waals surface area contributed by atoms with Crippen molar-refractivity contribution in [3.05, 3.63) is 23.8 Å². The monoisotopic (exact) mass is 306 g/mol. The van der Waals surface area contributed by atoms with E-state index < -0.39 is 0 Å². The second-order valence-electron chi connectivity index (χ2n) is 6.46. The predicted octanol–water partition coefficient (Wildman–Crippen LogP) is 6.51. The molecule has 0 aliphatic carbocycles. The Bertz CT molecular complexity index is 401. The van der Waals surface area contributed by atoms with Crippen molar-refractivity contribution in [3.8, 4) is 11.5 Å². The second kappa shape index (κ2) is 11.4. The van der Waals surface area contributed by atoms with Crippen LogP contribution in [0.5, 0.6) is 11.5 Å². The van der Waals surface area contributed by atoms with E-state index in [0.29, 0.717) is 5.92 Å². The van der Waals surface area contributed by atoms with E-state index in [-0.39, 0.29) is 11.5 Å². The summed E-state index contributed by atoms with van der Waals surface area (Å²) in [6.07, 6.45) is 13.9. The highest BCUT2D eigenvalue weighted by atomic mass is 16.3. The number of phenolic OH excluding ortho intramolecular Hbond substituents is 2. The van der Waals surface area contributed by atoms with Crippen LogP contribution in [0.25, 0.3) is 0 Å². The molecule has 0 aromatic heterocycles. The molecule has 1 atom stereocenters. The summed E-state index contributed by atoms with van der Waals surface area (Å²) in [6.45, 7) is 4.44. The van der Waals surface area contributed by atoms with Gasteiger partial charge in [-0.2, -0.15) is 0 Å². The largest absolute Gasteiger partial charge is 0.504 e. The van der Waals surface area contributed by atoms with Crippen LogP contribution in [0.1, 0.15) is 96.0 Å². The van der Waals surface area contributed by atoms with Crippen LogP contribution >= 0.6 is 0 Å². The molecule has 0 fully saturated rings. The van der Waals surface area contributed by atoms with Crippen LogP contribution in [0.4, 0.5) is 0 Å². The molecular weight excluding hydrogens is 272 g/mol. The first-order chi connectivity index (χ1) is 10.7. The number of phenols is 2. The van der Waals surface area contributed by atoms with Gasteiger partial charge < -0.3 is 10.2 Å². The summed E-state index contributed by atoms with van der Waals surface area (Å²) >= 11 is 0. The molecule has 2 heteroatoms. The number of unbranched alkanes of at least 4 members (excludes halogenated alkanes) is 7.